The second kappa shape index (κ2) is 5.63. The van der Waals surface area contributed by atoms with Gasteiger partial charge < -0.3 is 10.6 Å². The van der Waals surface area contributed by atoms with Crippen molar-refractivity contribution in [2.24, 2.45) is 0 Å². The number of nitrogens with zero attached hydrogens (tertiary/aromatic N) is 1. The largest absolute Gasteiger partial charge is 0.350 e. The van der Waals surface area contributed by atoms with Gasteiger partial charge in [-0.1, -0.05) is 12.1 Å². The molecule has 2 heterocycles. The Labute approximate surface area is 158 Å². The molecular formula is C21H13F2N3O2. The van der Waals surface area contributed by atoms with Gasteiger partial charge in [0.25, 0.3) is 11.8 Å². The number of carbonyl (C=O) groups excluding carboxylic acids is 2. The molecule has 1 atom stereocenters. The first kappa shape index (κ1) is 16.4. The first-order chi connectivity index (χ1) is 13.5. The van der Waals surface area contributed by atoms with Crippen LogP contribution in [0.25, 0.3) is 0 Å². The molecule has 0 saturated heterocycles. The molecule has 3 aromatic rings. The van der Waals surface area contributed by atoms with Crippen LogP contribution >= 0.6 is 0 Å². The van der Waals surface area contributed by atoms with Crippen molar-refractivity contribution < 1.29 is 18.4 Å². The van der Waals surface area contributed by atoms with E-state index in [1.807, 2.05) is 0 Å². The fraction of sp³-hybridized carbons (Fsp3) is 0.0476. The van der Waals surface area contributed by atoms with Crippen LogP contribution in [0.15, 0.2) is 66.7 Å². The van der Waals surface area contributed by atoms with E-state index < -0.39 is 29.1 Å². The number of carbonyl (C=O) groups is 2. The third-order valence-electron chi connectivity index (χ3n) is 5.04. The summed E-state index contributed by atoms with van der Waals surface area (Å²) in [7, 11) is 0. The quantitative estimate of drug-likeness (QED) is 0.677. The Bertz CT molecular complexity index is 1150. The molecule has 1 spiro atoms. The predicted molar refractivity (Wildman–Crippen MR) is 100.0 cm³/mol. The summed E-state index contributed by atoms with van der Waals surface area (Å²) < 4.78 is 27.6. The molecule has 5 nitrogen and oxygen atoms in total. The van der Waals surface area contributed by atoms with Gasteiger partial charge in [0.2, 0.25) is 5.66 Å². The first-order valence-corrected chi connectivity index (χ1v) is 8.59. The van der Waals surface area contributed by atoms with Gasteiger partial charge in [0.1, 0.15) is 11.6 Å². The Morgan fingerprint density at radius 2 is 1.54 bits per heavy atom. The highest BCUT2D eigenvalue weighted by Crippen LogP contribution is 2.47. The van der Waals surface area contributed by atoms with Crippen LogP contribution < -0.4 is 15.5 Å². The van der Waals surface area contributed by atoms with Gasteiger partial charge in [0.15, 0.2) is 0 Å². The Morgan fingerprint density at radius 1 is 0.821 bits per heavy atom. The Balaban J connectivity index is 1.82. The molecule has 28 heavy (non-hydrogen) atoms. The topological polar surface area (TPSA) is 61.4 Å². The molecular weight excluding hydrogens is 364 g/mol. The lowest BCUT2D eigenvalue weighted by atomic mass is 9.92. The van der Waals surface area contributed by atoms with Crippen LogP contribution in [0.3, 0.4) is 0 Å². The minimum absolute atomic E-state index is 0.282. The van der Waals surface area contributed by atoms with Crippen LogP contribution in [0.4, 0.5) is 25.8 Å². The van der Waals surface area contributed by atoms with Crippen LogP contribution in [-0.4, -0.2) is 11.8 Å². The van der Waals surface area contributed by atoms with Crippen LogP contribution in [-0.2, 0) is 10.5 Å². The minimum Gasteiger partial charge on any atom is -0.350 e. The van der Waals surface area contributed by atoms with Crippen molar-refractivity contribution in [2.75, 3.05) is 15.5 Å². The molecule has 0 bridgehead atoms. The summed E-state index contributed by atoms with van der Waals surface area (Å²) in [5.74, 6) is -1.99. The van der Waals surface area contributed by atoms with Gasteiger partial charge in [-0.25, -0.2) is 8.78 Å². The van der Waals surface area contributed by atoms with Crippen molar-refractivity contribution >= 4 is 28.9 Å². The zero-order valence-corrected chi connectivity index (χ0v) is 14.4. The van der Waals surface area contributed by atoms with Crippen LogP contribution in [0.1, 0.15) is 15.9 Å². The fourth-order valence-electron chi connectivity index (χ4n) is 3.81. The number of hydrogen-bond acceptors (Lipinski definition) is 3. The van der Waals surface area contributed by atoms with E-state index in [-0.39, 0.29) is 5.56 Å². The van der Waals surface area contributed by atoms with Crippen molar-refractivity contribution in [3.05, 3.63) is 89.5 Å². The van der Waals surface area contributed by atoms with E-state index in [1.54, 1.807) is 24.3 Å². The summed E-state index contributed by atoms with van der Waals surface area (Å²) in [6.45, 7) is 0. The maximum Gasteiger partial charge on any atom is 0.276 e. The molecule has 0 saturated carbocycles. The molecule has 2 aliphatic heterocycles. The zero-order chi connectivity index (χ0) is 19.5. The van der Waals surface area contributed by atoms with Crippen molar-refractivity contribution in [3.63, 3.8) is 0 Å². The summed E-state index contributed by atoms with van der Waals surface area (Å²) in [6.07, 6.45) is 0. The highest BCUT2D eigenvalue weighted by Gasteiger charge is 2.57. The van der Waals surface area contributed by atoms with Crippen molar-refractivity contribution in [1.82, 2.24) is 0 Å². The smallest absolute Gasteiger partial charge is 0.276 e. The van der Waals surface area contributed by atoms with Gasteiger partial charge in [0, 0.05) is 22.6 Å². The van der Waals surface area contributed by atoms with E-state index >= 15 is 0 Å². The highest BCUT2D eigenvalue weighted by atomic mass is 19.1. The standard InChI is InChI=1S/C21H13F2N3O2/c22-12-5-8-14(9-6-12)26-19(27)15-3-1-2-4-17(15)25-21(26)16-11-13(23)7-10-18(16)24-20(21)28/h1-11,25H,(H,24,28)/t21-/m0/s1. The number of hydrogen-bond donors (Lipinski definition) is 2. The van der Waals surface area contributed by atoms with Crippen molar-refractivity contribution in [3.8, 4) is 0 Å². The van der Waals surface area contributed by atoms with Gasteiger partial charge in [-0.2, -0.15) is 0 Å². The molecule has 0 unspecified atom stereocenters. The van der Waals surface area contributed by atoms with Crippen molar-refractivity contribution in [1.29, 1.82) is 0 Å². The molecule has 2 amide bonds. The summed E-state index contributed by atoms with van der Waals surface area (Å²) >= 11 is 0. The lowest BCUT2D eigenvalue weighted by molar-refractivity contribution is -0.119. The van der Waals surface area contributed by atoms with Gasteiger partial charge in [-0.15, -0.1) is 0 Å². The van der Waals surface area contributed by atoms with Crippen LogP contribution in [0.5, 0.6) is 0 Å². The van der Waals surface area contributed by atoms with Gasteiger partial charge in [-0.05, 0) is 54.6 Å². The molecule has 138 valence electrons. The first-order valence-electron chi connectivity index (χ1n) is 8.59. The van der Waals surface area contributed by atoms with Crippen LogP contribution in [0, 0.1) is 11.6 Å². The summed E-state index contributed by atoms with van der Waals surface area (Å²) in [6, 6.07) is 15.9. The molecule has 7 heteroatoms. The number of nitrogens with one attached hydrogen (secondary N) is 2. The number of rotatable bonds is 1. The maximum absolute atomic E-state index is 14.1. The number of fused-ring (bicyclic) bond motifs is 3. The minimum atomic E-state index is -1.69. The van der Waals surface area contributed by atoms with Gasteiger partial charge in [0.05, 0.1) is 5.56 Å². The molecule has 2 N–H and O–H groups in total. The number of benzene rings is 3. The van der Waals surface area contributed by atoms with E-state index in [2.05, 4.69) is 10.6 Å². The maximum atomic E-state index is 14.1. The molecule has 0 radical (unpaired) electrons. The molecule has 3 aromatic carbocycles. The third-order valence-corrected chi connectivity index (χ3v) is 5.04. The van der Waals surface area contributed by atoms with E-state index in [1.165, 1.54) is 47.4 Å². The Morgan fingerprint density at radius 3 is 2.32 bits per heavy atom. The lowest BCUT2D eigenvalue weighted by Crippen LogP contribution is -2.61. The van der Waals surface area contributed by atoms with E-state index in [0.717, 1.165) is 0 Å². The molecule has 2 aliphatic rings. The normalized spacial score (nSPS) is 19.9. The molecule has 5 rings (SSSR count). The average Bonchev–Trinajstić information content (AvgIpc) is 2.95. The summed E-state index contributed by atoms with van der Waals surface area (Å²) in [5.41, 5.74) is 0.109. The fourth-order valence-corrected chi connectivity index (χ4v) is 3.81. The average molecular weight is 377 g/mol. The second-order valence-corrected chi connectivity index (χ2v) is 6.64. The Kier molecular flexibility index (Phi) is 3.30. The predicted octanol–water partition coefficient (Wildman–Crippen LogP) is 3.84. The SMILES string of the molecule is O=C1c2ccccc2N[C@]2(C(=O)Nc3ccc(F)cc32)N1c1ccc(F)cc1. The Hall–Kier alpha value is -3.74. The lowest BCUT2D eigenvalue weighted by Gasteiger charge is -2.44. The van der Waals surface area contributed by atoms with Gasteiger partial charge >= 0.3 is 0 Å². The number of amides is 2. The second-order valence-electron chi connectivity index (χ2n) is 6.64. The summed E-state index contributed by atoms with van der Waals surface area (Å²) in [4.78, 5) is 27.8. The van der Waals surface area contributed by atoms with E-state index in [4.69, 9.17) is 0 Å². The number of halogens is 2. The number of para-hydroxylation sites is 1. The van der Waals surface area contributed by atoms with E-state index in [0.29, 0.717) is 22.6 Å². The molecule has 0 aromatic heterocycles. The highest BCUT2D eigenvalue weighted by molar-refractivity contribution is 6.21. The zero-order valence-electron chi connectivity index (χ0n) is 14.4. The molecule has 0 fully saturated rings. The van der Waals surface area contributed by atoms with Gasteiger partial charge in [-0.3, -0.25) is 14.5 Å². The van der Waals surface area contributed by atoms with E-state index in [9.17, 15) is 18.4 Å². The third kappa shape index (κ3) is 2.10. The number of anilines is 3. The molecule has 0 aliphatic carbocycles. The summed E-state index contributed by atoms with van der Waals surface area (Å²) in [5, 5.41) is 5.84. The van der Waals surface area contributed by atoms with Crippen molar-refractivity contribution in [2.45, 2.75) is 5.66 Å². The van der Waals surface area contributed by atoms with Crippen LogP contribution in [0.2, 0.25) is 0 Å². The monoisotopic (exact) mass is 377 g/mol.